The van der Waals surface area contributed by atoms with Crippen molar-refractivity contribution in [3.8, 4) is 11.1 Å². The standard InChI is InChI=1S/C25H31Br3/c26-17-9-3-1-7-15-25(16-8-2-4-10-18-27)23-12-6-5-11-21(23)22-14-13-20(28)19-24(22)25/h5-6,11-14,19H,1-4,7-10,15-18H2. The average Bonchev–Trinajstić information content (AvgIpc) is 2.97. The van der Waals surface area contributed by atoms with E-state index in [9.17, 15) is 0 Å². The minimum Gasteiger partial charge on any atom is -0.0928 e. The third kappa shape index (κ3) is 5.13. The van der Waals surface area contributed by atoms with Gasteiger partial charge in [0.25, 0.3) is 0 Å². The molecule has 0 saturated heterocycles. The summed E-state index contributed by atoms with van der Waals surface area (Å²) < 4.78 is 1.21. The number of rotatable bonds is 12. The fourth-order valence-corrected chi connectivity index (χ4v) is 6.00. The first kappa shape index (κ1) is 22.6. The van der Waals surface area contributed by atoms with E-state index < -0.39 is 0 Å². The molecule has 0 aliphatic heterocycles. The highest BCUT2D eigenvalue weighted by Crippen LogP contribution is 2.54. The van der Waals surface area contributed by atoms with Crippen LogP contribution in [0.15, 0.2) is 46.9 Å². The maximum Gasteiger partial charge on any atom is 0.0215 e. The second-order valence-electron chi connectivity index (χ2n) is 8.02. The van der Waals surface area contributed by atoms with Crippen LogP contribution in [0.3, 0.4) is 0 Å². The molecule has 0 radical (unpaired) electrons. The van der Waals surface area contributed by atoms with Crippen LogP contribution in [0.25, 0.3) is 11.1 Å². The topological polar surface area (TPSA) is 0 Å². The normalized spacial score (nSPS) is 14.1. The fraction of sp³-hybridized carbons (Fsp3) is 0.520. The van der Waals surface area contributed by atoms with Crippen LogP contribution in [0.2, 0.25) is 0 Å². The van der Waals surface area contributed by atoms with Gasteiger partial charge in [0.2, 0.25) is 0 Å². The van der Waals surface area contributed by atoms with Crippen molar-refractivity contribution in [3.05, 3.63) is 58.1 Å². The lowest BCUT2D eigenvalue weighted by Gasteiger charge is -2.33. The van der Waals surface area contributed by atoms with E-state index in [4.69, 9.17) is 0 Å². The Kier molecular flexibility index (Phi) is 9.12. The maximum atomic E-state index is 3.76. The molecule has 0 spiro atoms. The predicted octanol–water partition coefficient (Wildman–Crippen LogP) is 9.41. The minimum atomic E-state index is 0.193. The summed E-state index contributed by atoms with van der Waals surface area (Å²) in [6.45, 7) is 0. The molecule has 1 aliphatic rings. The van der Waals surface area contributed by atoms with E-state index in [1.165, 1.54) is 79.8 Å². The van der Waals surface area contributed by atoms with Gasteiger partial charge in [-0.25, -0.2) is 0 Å². The molecule has 0 atom stereocenters. The summed E-state index contributed by atoms with van der Waals surface area (Å²) in [6.07, 6.45) is 13.1. The molecule has 0 fully saturated rings. The van der Waals surface area contributed by atoms with Gasteiger partial charge in [0.15, 0.2) is 0 Å². The second kappa shape index (κ2) is 11.3. The highest BCUT2D eigenvalue weighted by molar-refractivity contribution is 9.10. The molecule has 0 aromatic heterocycles. The summed E-state index contributed by atoms with van der Waals surface area (Å²) in [5, 5.41) is 2.26. The lowest BCUT2D eigenvalue weighted by Crippen LogP contribution is -2.25. The van der Waals surface area contributed by atoms with Crippen molar-refractivity contribution < 1.29 is 0 Å². The van der Waals surface area contributed by atoms with Gasteiger partial charge < -0.3 is 0 Å². The number of benzene rings is 2. The molecule has 0 saturated carbocycles. The number of fused-ring (bicyclic) bond motifs is 3. The second-order valence-corrected chi connectivity index (χ2v) is 10.5. The first-order valence-electron chi connectivity index (χ1n) is 10.7. The Morgan fingerprint density at radius 1 is 0.607 bits per heavy atom. The van der Waals surface area contributed by atoms with E-state index in [0.717, 1.165) is 10.7 Å². The zero-order valence-corrected chi connectivity index (χ0v) is 21.4. The van der Waals surface area contributed by atoms with Crippen molar-refractivity contribution in [2.75, 3.05) is 10.7 Å². The van der Waals surface area contributed by atoms with E-state index in [2.05, 4.69) is 90.3 Å². The summed E-state index contributed by atoms with van der Waals surface area (Å²) in [5.74, 6) is 0. The fourth-order valence-electron chi connectivity index (χ4n) is 4.84. The Hall–Kier alpha value is -0.120. The molecule has 0 heterocycles. The molecule has 0 N–H and O–H groups in total. The largest absolute Gasteiger partial charge is 0.0928 e. The van der Waals surface area contributed by atoms with Crippen LogP contribution < -0.4 is 0 Å². The molecule has 0 unspecified atom stereocenters. The van der Waals surface area contributed by atoms with Crippen LogP contribution in [0.5, 0.6) is 0 Å². The van der Waals surface area contributed by atoms with Crippen molar-refractivity contribution in [2.45, 2.75) is 69.6 Å². The van der Waals surface area contributed by atoms with Crippen LogP contribution >= 0.6 is 47.8 Å². The van der Waals surface area contributed by atoms with Gasteiger partial charge in [-0.3, -0.25) is 0 Å². The van der Waals surface area contributed by atoms with Crippen molar-refractivity contribution in [2.24, 2.45) is 0 Å². The molecular weight excluding hydrogens is 540 g/mol. The molecule has 2 aromatic rings. The molecule has 28 heavy (non-hydrogen) atoms. The molecule has 0 bridgehead atoms. The Labute approximate surface area is 196 Å². The summed E-state index contributed by atoms with van der Waals surface area (Å²) in [6, 6.07) is 16.1. The van der Waals surface area contributed by atoms with E-state index in [-0.39, 0.29) is 5.41 Å². The monoisotopic (exact) mass is 568 g/mol. The highest BCUT2D eigenvalue weighted by Gasteiger charge is 2.41. The van der Waals surface area contributed by atoms with Gasteiger partial charge >= 0.3 is 0 Å². The molecule has 3 rings (SSSR count). The Morgan fingerprint density at radius 2 is 1.18 bits per heavy atom. The molecule has 2 aromatic carbocycles. The minimum absolute atomic E-state index is 0.193. The SMILES string of the molecule is BrCCCCCCC1(CCCCCCBr)c2ccccc2-c2ccc(Br)cc21. The van der Waals surface area contributed by atoms with Crippen molar-refractivity contribution >= 4 is 47.8 Å². The summed E-state index contributed by atoms with van der Waals surface area (Å²) in [7, 11) is 0. The van der Waals surface area contributed by atoms with E-state index >= 15 is 0 Å². The smallest absolute Gasteiger partial charge is 0.0215 e. The van der Waals surface area contributed by atoms with Crippen molar-refractivity contribution in [1.29, 1.82) is 0 Å². The van der Waals surface area contributed by atoms with Crippen LogP contribution in [0, 0.1) is 0 Å². The Bertz CT molecular complexity index is 739. The van der Waals surface area contributed by atoms with Gasteiger partial charge in [0.1, 0.15) is 0 Å². The van der Waals surface area contributed by atoms with Gasteiger partial charge in [0.05, 0.1) is 0 Å². The van der Waals surface area contributed by atoms with Crippen LogP contribution in [-0.4, -0.2) is 10.7 Å². The third-order valence-electron chi connectivity index (χ3n) is 6.20. The Balaban J connectivity index is 1.89. The van der Waals surface area contributed by atoms with E-state index in [1.807, 2.05) is 0 Å². The predicted molar refractivity (Wildman–Crippen MR) is 134 cm³/mol. The van der Waals surface area contributed by atoms with E-state index in [1.54, 1.807) is 11.1 Å². The molecule has 0 amide bonds. The molecule has 152 valence electrons. The molecule has 3 heteroatoms. The first-order valence-corrected chi connectivity index (χ1v) is 13.8. The number of alkyl halides is 2. The van der Waals surface area contributed by atoms with Crippen molar-refractivity contribution in [1.82, 2.24) is 0 Å². The summed E-state index contributed by atoms with van der Waals surface area (Å²) in [5.41, 5.74) is 6.25. The van der Waals surface area contributed by atoms with Crippen molar-refractivity contribution in [3.63, 3.8) is 0 Å². The van der Waals surface area contributed by atoms with Gasteiger partial charge in [-0.2, -0.15) is 0 Å². The van der Waals surface area contributed by atoms with Crippen LogP contribution in [-0.2, 0) is 5.41 Å². The number of hydrogen-bond acceptors (Lipinski definition) is 0. The number of unbranched alkanes of at least 4 members (excludes halogenated alkanes) is 6. The zero-order valence-electron chi connectivity index (χ0n) is 16.7. The molecular formula is C25H31Br3. The van der Waals surface area contributed by atoms with Crippen LogP contribution in [0.1, 0.15) is 75.3 Å². The zero-order chi connectivity index (χ0) is 19.8. The van der Waals surface area contributed by atoms with E-state index in [0.29, 0.717) is 0 Å². The summed E-state index contributed by atoms with van der Waals surface area (Å²) in [4.78, 5) is 0. The average molecular weight is 571 g/mol. The summed E-state index contributed by atoms with van der Waals surface area (Å²) >= 11 is 10.9. The highest BCUT2D eigenvalue weighted by atomic mass is 79.9. The maximum absolute atomic E-state index is 3.76. The quantitative estimate of drug-likeness (QED) is 0.176. The molecule has 0 nitrogen and oxygen atoms in total. The number of halogens is 3. The Morgan fingerprint density at radius 3 is 1.82 bits per heavy atom. The van der Waals surface area contributed by atoms with Gasteiger partial charge in [-0.05, 0) is 60.1 Å². The lowest BCUT2D eigenvalue weighted by molar-refractivity contribution is 0.401. The first-order chi connectivity index (χ1) is 13.7. The van der Waals surface area contributed by atoms with Crippen LogP contribution in [0.4, 0.5) is 0 Å². The van der Waals surface area contributed by atoms with Gasteiger partial charge in [-0.1, -0.05) is 117 Å². The number of hydrogen-bond donors (Lipinski definition) is 0. The third-order valence-corrected chi connectivity index (χ3v) is 7.82. The lowest BCUT2D eigenvalue weighted by atomic mass is 9.70. The molecule has 1 aliphatic carbocycles. The van der Waals surface area contributed by atoms with Gasteiger partial charge in [-0.15, -0.1) is 0 Å². The van der Waals surface area contributed by atoms with Gasteiger partial charge in [0, 0.05) is 20.5 Å².